The number of benzene rings is 1. The van der Waals surface area contributed by atoms with E-state index in [2.05, 4.69) is 9.85 Å². The van der Waals surface area contributed by atoms with Crippen molar-refractivity contribution in [1.29, 1.82) is 0 Å². The largest absolute Gasteiger partial charge is 0.0622 e. The quantitative estimate of drug-likeness (QED) is 0.469. The Labute approximate surface area is 68.4 Å². The molecule has 0 unspecified atom stereocenters. The molecule has 0 saturated carbocycles. The van der Waals surface area contributed by atoms with E-state index >= 15 is 0 Å². The molecule has 0 atom stereocenters. The Balaban J connectivity index is 2.94. The minimum Gasteiger partial charge on any atom is -0.0622 e. The van der Waals surface area contributed by atoms with Crippen molar-refractivity contribution in [3.8, 4) is 9.85 Å². The van der Waals surface area contributed by atoms with Gasteiger partial charge in [0.2, 0.25) is 0 Å². The second-order valence-electron chi connectivity index (χ2n) is 1.59. The van der Waals surface area contributed by atoms with Crippen molar-refractivity contribution in [2.45, 2.75) is 0 Å². The number of hydrogen-bond acceptors (Lipinski definition) is 0. The molecule has 0 aliphatic heterocycles. The average molecular weight is 224 g/mol. The summed E-state index contributed by atoms with van der Waals surface area (Å²) < 4.78 is 2.80. The highest BCUT2D eigenvalue weighted by Gasteiger charge is 1.77. The molecule has 1 rings (SSSR count). The van der Waals surface area contributed by atoms with Gasteiger partial charge in [0.15, 0.2) is 0 Å². The lowest BCUT2D eigenvalue weighted by Crippen LogP contribution is -1.67. The molecule has 0 aromatic heterocycles. The Morgan fingerprint density at radius 3 is 2.33 bits per heavy atom. The molecule has 0 nitrogen and oxygen atoms in total. The zero-order chi connectivity index (χ0) is 6.53. The van der Waals surface area contributed by atoms with Gasteiger partial charge in [0.1, 0.15) is 0 Å². The highest BCUT2D eigenvalue weighted by molar-refractivity contribution is 14.1. The molecule has 1 aromatic carbocycles. The highest BCUT2D eigenvalue weighted by Crippen LogP contribution is 1.94. The highest BCUT2D eigenvalue weighted by atomic mass is 123. The Morgan fingerprint density at radius 2 is 1.78 bits per heavy atom. The van der Waals surface area contributed by atoms with Crippen LogP contribution < -0.4 is 0 Å². The van der Waals surface area contributed by atoms with Crippen molar-refractivity contribution < 1.29 is 0 Å². The predicted molar refractivity (Wildman–Crippen MR) is 47.3 cm³/mol. The van der Waals surface area contributed by atoms with Gasteiger partial charge >= 0.3 is 0 Å². The van der Waals surface area contributed by atoms with Crippen molar-refractivity contribution >= 4 is 22.6 Å². The van der Waals surface area contributed by atoms with Crippen LogP contribution >= 0.6 is 22.6 Å². The molecule has 0 N–H and O–H groups in total. The average Bonchev–Trinajstić information content (AvgIpc) is 1.91. The summed E-state index contributed by atoms with van der Waals surface area (Å²) in [6.07, 6.45) is 0. The molecular formula is C8H5I. The topological polar surface area (TPSA) is 0 Å². The zero-order valence-corrected chi connectivity index (χ0v) is 6.92. The summed E-state index contributed by atoms with van der Waals surface area (Å²) in [5, 5.41) is 0. The molecule has 0 radical (unpaired) electrons. The second kappa shape index (κ2) is 3.52. The van der Waals surface area contributed by atoms with Crippen LogP contribution in [0.3, 0.4) is 0 Å². The molecular weight excluding hydrogens is 219 g/mol. The van der Waals surface area contributed by atoms with E-state index in [9.17, 15) is 0 Å². The molecule has 0 saturated heterocycles. The van der Waals surface area contributed by atoms with Crippen LogP contribution in [-0.2, 0) is 0 Å². The smallest absolute Gasteiger partial charge is 0.0253 e. The molecule has 0 spiro atoms. The molecule has 44 valence electrons. The lowest BCUT2D eigenvalue weighted by atomic mass is 10.2. The minimum absolute atomic E-state index is 1.08. The van der Waals surface area contributed by atoms with Crippen LogP contribution in [0.2, 0.25) is 0 Å². The van der Waals surface area contributed by atoms with Gasteiger partial charge < -0.3 is 0 Å². The molecule has 0 heterocycles. The van der Waals surface area contributed by atoms with Crippen molar-refractivity contribution in [2.24, 2.45) is 0 Å². The van der Waals surface area contributed by atoms with Crippen LogP contribution in [0.4, 0.5) is 0 Å². The molecule has 0 bridgehead atoms. The van der Waals surface area contributed by atoms with Crippen LogP contribution in [0.15, 0.2) is 30.3 Å². The Hall–Kier alpha value is -0.490. The van der Waals surface area contributed by atoms with Crippen LogP contribution in [-0.4, -0.2) is 0 Å². The monoisotopic (exact) mass is 224 g/mol. The Bertz CT molecular complexity index is 228. The summed E-state index contributed by atoms with van der Waals surface area (Å²) in [6.45, 7) is 0. The van der Waals surface area contributed by atoms with Crippen LogP contribution in [0.5, 0.6) is 0 Å². The first-order valence-corrected chi connectivity index (χ1v) is 3.68. The molecule has 0 amide bonds. The molecule has 0 aliphatic rings. The van der Waals surface area contributed by atoms with E-state index < -0.39 is 0 Å². The minimum atomic E-state index is 1.08. The first-order chi connectivity index (χ1) is 4.43. The maximum absolute atomic E-state index is 2.94. The van der Waals surface area contributed by atoms with Crippen LogP contribution in [0.1, 0.15) is 5.56 Å². The van der Waals surface area contributed by atoms with E-state index in [0.717, 1.165) is 5.56 Å². The van der Waals surface area contributed by atoms with Crippen molar-refractivity contribution in [2.75, 3.05) is 0 Å². The third kappa shape index (κ3) is 2.06. The van der Waals surface area contributed by atoms with Gasteiger partial charge in [-0.15, -0.1) is 0 Å². The number of halogens is 1. The van der Waals surface area contributed by atoms with Gasteiger partial charge in [0.25, 0.3) is 0 Å². The van der Waals surface area contributed by atoms with Gasteiger partial charge in [0.05, 0.1) is 0 Å². The summed E-state index contributed by atoms with van der Waals surface area (Å²) >= 11 is 2.03. The third-order valence-electron chi connectivity index (χ3n) is 0.965. The van der Waals surface area contributed by atoms with E-state index in [1.165, 1.54) is 0 Å². The SMILES string of the molecule is [123I]C#Cc1ccccc1. The van der Waals surface area contributed by atoms with Crippen molar-refractivity contribution in [3.63, 3.8) is 0 Å². The summed E-state index contributed by atoms with van der Waals surface area (Å²) in [6, 6.07) is 9.93. The van der Waals surface area contributed by atoms with Crippen molar-refractivity contribution in [3.05, 3.63) is 35.9 Å². The first-order valence-electron chi connectivity index (χ1n) is 2.60. The van der Waals surface area contributed by atoms with E-state index in [1.54, 1.807) is 0 Å². The number of hydrogen-bond donors (Lipinski definition) is 0. The fourth-order valence-electron chi connectivity index (χ4n) is 0.576. The van der Waals surface area contributed by atoms with E-state index in [0.29, 0.717) is 0 Å². The third-order valence-corrected chi connectivity index (χ3v) is 1.24. The molecule has 0 fully saturated rings. The lowest BCUT2D eigenvalue weighted by molar-refractivity contribution is 1.65. The lowest BCUT2D eigenvalue weighted by Gasteiger charge is -1.83. The first kappa shape index (κ1) is 6.63. The van der Waals surface area contributed by atoms with Gasteiger partial charge in [-0.05, 0) is 16.1 Å². The van der Waals surface area contributed by atoms with Gasteiger partial charge in [0, 0.05) is 28.2 Å². The van der Waals surface area contributed by atoms with E-state index in [4.69, 9.17) is 0 Å². The summed E-state index contributed by atoms with van der Waals surface area (Å²) in [4.78, 5) is 0. The maximum atomic E-state index is 2.94. The normalized spacial score (nSPS) is 7.67. The molecule has 1 aromatic rings. The molecule has 1 heteroatoms. The fraction of sp³-hybridized carbons (Fsp3) is 0. The van der Waals surface area contributed by atoms with Gasteiger partial charge in [-0.1, -0.05) is 24.1 Å². The van der Waals surface area contributed by atoms with Gasteiger partial charge in [-0.2, -0.15) is 0 Å². The zero-order valence-electron chi connectivity index (χ0n) is 4.76. The Morgan fingerprint density at radius 1 is 1.11 bits per heavy atom. The maximum Gasteiger partial charge on any atom is 0.0253 e. The molecule has 9 heavy (non-hydrogen) atoms. The van der Waals surface area contributed by atoms with Crippen LogP contribution in [0, 0.1) is 9.85 Å². The summed E-state index contributed by atoms with van der Waals surface area (Å²) in [7, 11) is 0. The van der Waals surface area contributed by atoms with Crippen molar-refractivity contribution in [1.82, 2.24) is 0 Å². The van der Waals surface area contributed by atoms with Crippen LogP contribution in [0.25, 0.3) is 0 Å². The standard InChI is InChI=1S/C8H5I/c9-7-6-8-4-2-1-3-5-8/h1-5H/i9-4. The molecule has 0 aliphatic carbocycles. The van der Waals surface area contributed by atoms with Gasteiger partial charge in [-0.25, -0.2) is 0 Å². The second-order valence-corrected chi connectivity index (χ2v) is 2.12. The Kier molecular flexibility index (Phi) is 2.59. The van der Waals surface area contributed by atoms with E-state index in [1.807, 2.05) is 52.9 Å². The fourth-order valence-corrected chi connectivity index (χ4v) is 0.887. The summed E-state index contributed by atoms with van der Waals surface area (Å²) in [5.41, 5.74) is 1.08. The summed E-state index contributed by atoms with van der Waals surface area (Å²) in [5.74, 6) is 2.94. The van der Waals surface area contributed by atoms with Gasteiger partial charge in [-0.3, -0.25) is 0 Å². The van der Waals surface area contributed by atoms with E-state index in [-0.39, 0.29) is 0 Å². The predicted octanol–water partition coefficient (Wildman–Crippen LogP) is 2.43. The number of rotatable bonds is 0.